The predicted octanol–water partition coefficient (Wildman–Crippen LogP) is 2.63. The Bertz CT molecular complexity index is 497. The summed E-state index contributed by atoms with van der Waals surface area (Å²) in [6, 6.07) is 11.9. The fourth-order valence-electron chi connectivity index (χ4n) is 3.56. The summed E-state index contributed by atoms with van der Waals surface area (Å²) < 4.78 is 5.35. The van der Waals surface area contributed by atoms with Crippen molar-refractivity contribution in [2.24, 2.45) is 0 Å². The lowest BCUT2D eigenvalue weighted by atomic mass is 9.98. The Hall–Kier alpha value is -1.73. The van der Waals surface area contributed by atoms with Gasteiger partial charge in [0.15, 0.2) is 6.61 Å². The summed E-state index contributed by atoms with van der Waals surface area (Å²) in [6.45, 7) is 0.0990. The van der Waals surface area contributed by atoms with Crippen molar-refractivity contribution < 1.29 is 4.74 Å². The summed E-state index contributed by atoms with van der Waals surface area (Å²) in [5, 5.41) is 12.2. The van der Waals surface area contributed by atoms with Crippen molar-refractivity contribution in [2.45, 2.75) is 43.8 Å². The Kier molecular flexibility index (Phi) is 3.79. The smallest absolute Gasteiger partial charge is 0.174 e. The zero-order chi connectivity index (χ0) is 13.9. The monoisotopic (exact) mass is 271 g/mol. The van der Waals surface area contributed by atoms with Crippen molar-refractivity contribution >= 4 is 5.69 Å². The third kappa shape index (κ3) is 2.73. The molecule has 0 saturated carbocycles. The Morgan fingerprint density at radius 2 is 2.10 bits per heavy atom. The van der Waals surface area contributed by atoms with Crippen LogP contribution in [-0.2, 0) is 0 Å². The van der Waals surface area contributed by atoms with Gasteiger partial charge in [0.25, 0.3) is 0 Å². The molecule has 20 heavy (non-hydrogen) atoms. The second kappa shape index (κ2) is 5.72. The minimum Gasteiger partial charge on any atom is -0.479 e. The van der Waals surface area contributed by atoms with Crippen LogP contribution in [0.4, 0.5) is 5.69 Å². The molecule has 2 aliphatic rings. The number of benzene rings is 1. The zero-order valence-electron chi connectivity index (χ0n) is 11.9. The molecule has 0 amide bonds. The van der Waals surface area contributed by atoms with E-state index in [4.69, 9.17) is 10.00 Å². The molecule has 2 atom stereocenters. The topological polar surface area (TPSA) is 48.3 Å². The number of hydrogen-bond acceptors (Lipinski definition) is 4. The number of rotatable bonds is 4. The Balaban J connectivity index is 1.62. The van der Waals surface area contributed by atoms with Crippen LogP contribution in [0.25, 0.3) is 0 Å². The molecule has 2 unspecified atom stereocenters. The predicted molar refractivity (Wildman–Crippen MR) is 78.8 cm³/mol. The number of piperidine rings is 1. The molecule has 2 heterocycles. The first-order valence-corrected chi connectivity index (χ1v) is 7.34. The minimum atomic E-state index is 0.0990. The molecule has 0 aromatic heterocycles. The fourth-order valence-corrected chi connectivity index (χ4v) is 3.56. The van der Waals surface area contributed by atoms with E-state index in [-0.39, 0.29) is 6.61 Å². The first-order valence-electron chi connectivity index (χ1n) is 7.34. The van der Waals surface area contributed by atoms with Crippen LogP contribution in [0, 0.1) is 11.3 Å². The number of nitrogens with one attached hydrogen (secondary N) is 1. The van der Waals surface area contributed by atoms with Crippen molar-refractivity contribution in [3.05, 3.63) is 24.3 Å². The second-order valence-corrected chi connectivity index (χ2v) is 5.84. The number of nitrogens with zero attached hydrogens (tertiary/aromatic N) is 2. The molecule has 4 nitrogen and oxygen atoms in total. The van der Waals surface area contributed by atoms with Gasteiger partial charge in [-0.1, -0.05) is 6.07 Å². The van der Waals surface area contributed by atoms with Gasteiger partial charge in [-0.15, -0.1) is 0 Å². The van der Waals surface area contributed by atoms with Gasteiger partial charge in [-0.2, -0.15) is 5.26 Å². The molecule has 1 N–H and O–H groups in total. The number of ether oxygens (including phenoxy) is 1. The van der Waals surface area contributed by atoms with E-state index >= 15 is 0 Å². The Morgan fingerprint density at radius 3 is 2.80 bits per heavy atom. The normalized spacial score (nSPS) is 28.9. The molecule has 2 aliphatic heterocycles. The average molecular weight is 271 g/mol. The summed E-state index contributed by atoms with van der Waals surface area (Å²) in [7, 11) is 2.26. The fraction of sp³-hybridized carbons (Fsp3) is 0.562. The van der Waals surface area contributed by atoms with Gasteiger partial charge in [-0.3, -0.25) is 0 Å². The van der Waals surface area contributed by atoms with E-state index in [1.165, 1.54) is 25.7 Å². The molecular formula is C16H21N3O. The van der Waals surface area contributed by atoms with Gasteiger partial charge in [0.1, 0.15) is 11.8 Å². The van der Waals surface area contributed by atoms with Crippen LogP contribution < -0.4 is 10.1 Å². The largest absolute Gasteiger partial charge is 0.479 e. The lowest BCUT2D eigenvalue weighted by Gasteiger charge is -2.37. The van der Waals surface area contributed by atoms with Crippen molar-refractivity contribution in [3.63, 3.8) is 0 Å². The van der Waals surface area contributed by atoms with Crippen LogP contribution >= 0.6 is 0 Å². The highest BCUT2D eigenvalue weighted by atomic mass is 16.5. The van der Waals surface area contributed by atoms with E-state index in [2.05, 4.69) is 23.3 Å². The maximum atomic E-state index is 8.55. The van der Waals surface area contributed by atoms with Gasteiger partial charge in [-0.05, 0) is 44.9 Å². The van der Waals surface area contributed by atoms with E-state index < -0.39 is 0 Å². The van der Waals surface area contributed by atoms with Crippen molar-refractivity contribution in [1.82, 2.24) is 4.90 Å². The molecule has 2 saturated heterocycles. The van der Waals surface area contributed by atoms with E-state index in [1.807, 2.05) is 24.3 Å². The van der Waals surface area contributed by atoms with E-state index in [1.54, 1.807) is 0 Å². The lowest BCUT2D eigenvalue weighted by molar-refractivity contribution is 0.169. The third-order valence-electron chi connectivity index (χ3n) is 4.61. The lowest BCUT2D eigenvalue weighted by Crippen LogP contribution is -2.44. The molecular weight excluding hydrogens is 250 g/mol. The zero-order valence-corrected chi connectivity index (χ0v) is 11.9. The highest BCUT2D eigenvalue weighted by molar-refractivity contribution is 5.49. The standard InChI is InChI=1S/C16H21N3O/c1-19-14-5-6-15(19)10-13(9-14)18-12-3-2-4-16(11-12)20-8-7-17/h2-4,11,13-15,18H,5-6,8-10H2,1H3. The maximum Gasteiger partial charge on any atom is 0.174 e. The van der Waals surface area contributed by atoms with Crippen molar-refractivity contribution in [2.75, 3.05) is 19.0 Å². The molecule has 3 rings (SSSR count). The number of hydrogen-bond donors (Lipinski definition) is 1. The SMILES string of the molecule is CN1C2CCC1CC(Nc1cccc(OCC#N)c1)C2. The summed E-state index contributed by atoms with van der Waals surface area (Å²) in [4.78, 5) is 2.55. The Morgan fingerprint density at radius 1 is 1.35 bits per heavy atom. The first-order chi connectivity index (χ1) is 9.76. The van der Waals surface area contributed by atoms with Gasteiger partial charge in [0, 0.05) is 29.9 Å². The van der Waals surface area contributed by atoms with E-state index in [9.17, 15) is 0 Å². The van der Waals surface area contributed by atoms with Crippen molar-refractivity contribution in [3.8, 4) is 11.8 Å². The summed E-state index contributed by atoms with van der Waals surface area (Å²) >= 11 is 0. The van der Waals surface area contributed by atoms with Crippen LogP contribution in [0.2, 0.25) is 0 Å². The molecule has 4 heteroatoms. The number of fused-ring (bicyclic) bond motifs is 2. The third-order valence-corrected chi connectivity index (χ3v) is 4.61. The highest BCUT2D eigenvalue weighted by Crippen LogP contribution is 2.35. The quantitative estimate of drug-likeness (QED) is 0.914. The van der Waals surface area contributed by atoms with E-state index in [0.29, 0.717) is 6.04 Å². The van der Waals surface area contributed by atoms with E-state index in [0.717, 1.165) is 23.5 Å². The number of nitriles is 1. The van der Waals surface area contributed by atoms with Gasteiger partial charge >= 0.3 is 0 Å². The van der Waals surface area contributed by atoms with Crippen molar-refractivity contribution in [1.29, 1.82) is 5.26 Å². The molecule has 2 bridgehead atoms. The van der Waals surface area contributed by atoms with Crippen LogP contribution in [-0.4, -0.2) is 36.7 Å². The molecule has 0 spiro atoms. The van der Waals surface area contributed by atoms with Gasteiger partial charge in [0.05, 0.1) is 0 Å². The molecule has 1 aromatic carbocycles. The second-order valence-electron chi connectivity index (χ2n) is 5.84. The molecule has 0 radical (unpaired) electrons. The number of anilines is 1. The molecule has 1 aromatic rings. The minimum absolute atomic E-state index is 0.0990. The van der Waals surface area contributed by atoms with Gasteiger partial charge < -0.3 is 15.0 Å². The molecule has 106 valence electrons. The maximum absolute atomic E-state index is 8.55. The molecule has 0 aliphatic carbocycles. The highest BCUT2D eigenvalue weighted by Gasteiger charge is 2.38. The van der Waals surface area contributed by atoms with Crippen LogP contribution in [0.15, 0.2) is 24.3 Å². The summed E-state index contributed by atoms with van der Waals surface area (Å²) in [6.07, 6.45) is 5.11. The first kappa shape index (κ1) is 13.3. The van der Waals surface area contributed by atoms with Crippen LogP contribution in [0.3, 0.4) is 0 Å². The van der Waals surface area contributed by atoms with Gasteiger partial charge in [0.2, 0.25) is 0 Å². The molecule has 2 fully saturated rings. The average Bonchev–Trinajstić information content (AvgIpc) is 2.67. The summed E-state index contributed by atoms with van der Waals surface area (Å²) in [5.41, 5.74) is 1.09. The van der Waals surface area contributed by atoms with Crippen LogP contribution in [0.5, 0.6) is 5.75 Å². The Labute approximate surface area is 120 Å². The van der Waals surface area contributed by atoms with Gasteiger partial charge in [-0.25, -0.2) is 0 Å². The van der Waals surface area contributed by atoms with Crippen LogP contribution in [0.1, 0.15) is 25.7 Å². The summed E-state index contributed by atoms with van der Waals surface area (Å²) in [5.74, 6) is 0.757.